The number of nitrogens with one attached hydrogen (secondary N) is 1. The van der Waals surface area contributed by atoms with E-state index in [2.05, 4.69) is 26.1 Å². The molecule has 0 aromatic rings. The van der Waals surface area contributed by atoms with Crippen LogP contribution in [0.1, 0.15) is 33.6 Å². The lowest BCUT2D eigenvalue weighted by Crippen LogP contribution is -2.56. The highest BCUT2D eigenvalue weighted by Crippen LogP contribution is 2.47. The number of thioether (sulfide) groups is 1. The molecule has 3 fully saturated rings. The average molecular weight is 355 g/mol. The Morgan fingerprint density at radius 1 is 1.33 bits per heavy atom. The van der Waals surface area contributed by atoms with Gasteiger partial charge in [-0.05, 0) is 24.5 Å². The van der Waals surface area contributed by atoms with E-state index in [1.165, 1.54) is 12.8 Å². The van der Waals surface area contributed by atoms with Crippen LogP contribution in [0.15, 0.2) is 0 Å². The quantitative estimate of drug-likeness (QED) is 0.794. The van der Waals surface area contributed by atoms with E-state index < -0.39 is 0 Å². The highest BCUT2D eigenvalue weighted by Gasteiger charge is 2.44. The fourth-order valence-corrected chi connectivity index (χ4v) is 4.90. The predicted octanol–water partition coefficient (Wildman–Crippen LogP) is 2.06. The lowest BCUT2D eigenvalue weighted by Gasteiger charge is -2.36. The molecule has 2 aliphatic heterocycles. The largest absolute Gasteiger partial charge is 0.337 e. The van der Waals surface area contributed by atoms with Gasteiger partial charge in [-0.3, -0.25) is 0 Å². The molecule has 1 unspecified atom stereocenters. The van der Waals surface area contributed by atoms with Gasteiger partial charge >= 0.3 is 12.1 Å². The Bertz CT molecular complexity index is 495. The monoisotopic (exact) mass is 354 g/mol. The Kier molecular flexibility index (Phi) is 5.18. The Morgan fingerprint density at radius 3 is 2.71 bits per heavy atom. The van der Waals surface area contributed by atoms with Crippen molar-refractivity contribution in [3.05, 3.63) is 0 Å². The van der Waals surface area contributed by atoms with E-state index in [9.17, 15) is 9.59 Å². The van der Waals surface area contributed by atoms with Crippen LogP contribution in [0, 0.1) is 5.92 Å². The highest BCUT2D eigenvalue weighted by atomic mass is 32.2. The first-order valence-corrected chi connectivity index (χ1v) is 10.1. The number of carbonyl (C=O) groups is 2. The van der Waals surface area contributed by atoms with Crippen LogP contribution in [0.5, 0.6) is 0 Å². The summed E-state index contributed by atoms with van der Waals surface area (Å²) in [5, 5.41) is 3.12. The van der Waals surface area contributed by atoms with Crippen LogP contribution in [-0.2, 0) is 0 Å². The number of rotatable bonds is 6. The van der Waals surface area contributed by atoms with Crippen molar-refractivity contribution in [1.82, 2.24) is 20.0 Å². The van der Waals surface area contributed by atoms with Crippen LogP contribution < -0.4 is 5.32 Å². The fourth-order valence-electron chi connectivity index (χ4n) is 3.72. The standard InChI is InChI=1S/C17H30N4O2S/c1-4-24-17(5-6-17)12-18-15(22)19-7-8-21-14(10-19)11-20(16(21)23)9-13(2)3/h13-14H,4-12H2,1-3H3,(H,18,22). The summed E-state index contributed by atoms with van der Waals surface area (Å²) in [6.07, 6.45) is 2.42. The topological polar surface area (TPSA) is 55.9 Å². The van der Waals surface area contributed by atoms with Gasteiger partial charge in [0.2, 0.25) is 0 Å². The zero-order chi connectivity index (χ0) is 17.3. The molecule has 24 heavy (non-hydrogen) atoms. The lowest BCUT2D eigenvalue weighted by atomic mass is 10.2. The summed E-state index contributed by atoms with van der Waals surface area (Å²) in [6.45, 7) is 10.7. The van der Waals surface area contributed by atoms with Gasteiger partial charge in [0.05, 0.1) is 6.04 Å². The molecule has 3 rings (SSSR count). The molecule has 2 saturated heterocycles. The van der Waals surface area contributed by atoms with Gasteiger partial charge in [0, 0.05) is 44.0 Å². The summed E-state index contributed by atoms with van der Waals surface area (Å²) in [5.74, 6) is 1.57. The van der Waals surface area contributed by atoms with Gasteiger partial charge in [0.1, 0.15) is 0 Å². The van der Waals surface area contributed by atoms with Crippen molar-refractivity contribution in [2.24, 2.45) is 5.92 Å². The molecule has 0 radical (unpaired) electrons. The minimum Gasteiger partial charge on any atom is -0.337 e. The smallest absolute Gasteiger partial charge is 0.320 e. The average Bonchev–Trinajstić information content (AvgIpc) is 3.24. The minimum atomic E-state index is 0.0346. The minimum absolute atomic E-state index is 0.0346. The first-order chi connectivity index (χ1) is 11.4. The Labute approximate surface area is 149 Å². The maximum Gasteiger partial charge on any atom is 0.320 e. The molecule has 0 bridgehead atoms. The third-order valence-electron chi connectivity index (χ3n) is 5.12. The van der Waals surface area contributed by atoms with Gasteiger partial charge in [-0.2, -0.15) is 11.8 Å². The molecule has 1 N–H and O–H groups in total. The Hall–Kier alpha value is -1.11. The van der Waals surface area contributed by atoms with Crippen molar-refractivity contribution in [3.8, 4) is 0 Å². The summed E-state index contributed by atoms with van der Waals surface area (Å²) in [4.78, 5) is 30.7. The zero-order valence-electron chi connectivity index (χ0n) is 15.1. The van der Waals surface area contributed by atoms with Crippen LogP contribution in [0.2, 0.25) is 0 Å². The molecule has 7 heteroatoms. The van der Waals surface area contributed by atoms with Crippen molar-refractivity contribution >= 4 is 23.8 Å². The van der Waals surface area contributed by atoms with E-state index in [-0.39, 0.29) is 18.1 Å². The third-order valence-corrected chi connectivity index (χ3v) is 6.58. The molecule has 136 valence electrons. The molecule has 1 atom stereocenters. The van der Waals surface area contributed by atoms with Gasteiger partial charge in [-0.1, -0.05) is 20.8 Å². The van der Waals surface area contributed by atoms with E-state index in [4.69, 9.17) is 0 Å². The number of nitrogens with zero attached hydrogens (tertiary/aromatic N) is 3. The predicted molar refractivity (Wildman–Crippen MR) is 97.4 cm³/mol. The first-order valence-electron chi connectivity index (χ1n) is 9.16. The molecule has 0 aromatic heterocycles. The lowest BCUT2D eigenvalue weighted by molar-refractivity contribution is 0.129. The van der Waals surface area contributed by atoms with E-state index in [0.717, 1.165) is 25.4 Å². The number of fused-ring (bicyclic) bond motifs is 1. The number of hydrogen-bond donors (Lipinski definition) is 1. The maximum atomic E-state index is 12.5. The highest BCUT2D eigenvalue weighted by molar-refractivity contribution is 8.00. The number of amides is 4. The second-order valence-electron chi connectivity index (χ2n) is 7.65. The molecule has 3 aliphatic rings. The second kappa shape index (κ2) is 7.02. The SMILES string of the molecule is CCSC1(CNC(=O)N2CCN3C(=O)N(CC(C)C)CC3C2)CC1. The fraction of sp³-hybridized carbons (Fsp3) is 0.882. The molecule has 6 nitrogen and oxygen atoms in total. The molecule has 2 heterocycles. The summed E-state index contributed by atoms with van der Waals surface area (Å²) in [5.41, 5.74) is 0. The summed E-state index contributed by atoms with van der Waals surface area (Å²) in [6, 6.07) is 0.327. The van der Waals surface area contributed by atoms with Crippen molar-refractivity contribution < 1.29 is 9.59 Å². The van der Waals surface area contributed by atoms with E-state index in [1.54, 1.807) is 0 Å². The molecule has 0 aromatic carbocycles. The summed E-state index contributed by atoms with van der Waals surface area (Å²) >= 11 is 1.96. The van der Waals surface area contributed by atoms with Crippen molar-refractivity contribution in [3.63, 3.8) is 0 Å². The van der Waals surface area contributed by atoms with Crippen LogP contribution in [-0.4, -0.2) is 82.6 Å². The number of urea groups is 2. The molecule has 4 amide bonds. The third kappa shape index (κ3) is 3.76. The van der Waals surface area contributed by atoms with Crippen LogP contribution in [0.3, 0.4) is 0 Å². The number of carbonyl (C=O) groups excluding carboxylic acids is 2. The van der Waals surface area contributed by atoms with Crippen LogP contribution in [0.4, 0.5) is 9.59 Å². The summed E-state index contributed by atoms with van der Waals surface area (Å²) < 4.78 is 0.295. The second-order valence-corrected chi connectivity index (χ2v) is 9.38. The van der Waals surface area contributed by atoms with Gasteiger partial charge in [-0.25, -0.2) is 9.59 Å². The Balaban J connectivity index is 1.49. The molecular weight excluding hydrogens is 324 g/mol. The van der Waals surface area contributed by atoms with Crippen molar-refractivity contribution in [1.29, 1.82) is 0 Å². The normalized spacial score (nSPS) is 25.2. The van der Waals surface area contributed by atoms with Gasteiger partial charge in [0.25, 0.3) is 0 Å². The van der Waals surface area contributed by atoms with E-state index in [0.29, 0.717) is 30.3 Å². The maximum absolute atomic E-state index is 12.5. The molecule has 1 aliphatic carbocycles. The first kappa shape index (κ1) is 17.7. The molecule has 0 spiro atoms. The van der Waals surface area contributed by atoms with Crippen LogP contribution in [0.25, 0.3) is 0 Å². The van der Waals surface area contributed by atoms with Gasteiger partial charge in [0.15, 0.2) is 0 Å². The summed E-state index contributed by atoms with van der Waals surface area (Å²) in [7, 11) is 0. The van der Waals surface area contributed by atoms with E-state index >= 15 is 0 Å². The van der Waals surface area contributed by atoms with E-state index in [1.807, 2.05) is 26.5 Å². The molecular formula is C17H30N4O2S. The number of piperazine rings is 1. The van der Waals surface area contributed by atoms with Crippen LogP contribution >= 0.6 is 11.8 Å². The van der Waals surface area contributed by atoms with Crippen molar-refractivity contribution in [2.45, 2.75) is 44.4 Å². The van der Waals surface area contributed by atoms with Crippen molar-refractivity contribution in [2.75, 3.05) is 45.0 Å². The zero-order valence-corrected chi connectivity index (χ0v) is 15.9. The van der Waals surface area contributed by atoms with Gasteiger partial charge in [-0.15, -0.1) is 0 Å². The number of hydrogen-bond acceptors (Lipinski definition) is 3. The van der Waals surface area contributed by atoms with Gasteiger partial charge < -0.3 is 20.0 Å². The molecule has 1 saturated carbocycles. The Morgan fingerprint density at radius 2 is 2.08 bits per heavy atom.